The topological polar surface area (TPSA) is 18.5 Å². The molecule has 0 aliphatic carbocycles. The average molecular weight is 183 g/mol. The molecule has 0 N–H and O–H groups in total. The van der Waals surface area contributed by atoms with Gasteiger partial charge in [-0.25, -0.2) is 0 Å². The van der Waals surface area contributed by atoms with Gasteiger partial charge in [-0.1, -0.05) is 0 Å². The van der Waals surface area contributed by atoms with E-state index in [9.17, 15) is 0 Å². The third-order valence-corrected chi connectivity index (χ3v) is 2.26. The molecule has 0 unspecified atom stereocenters. The minimum atomic E-state index is -0.362. The van der Waals surface area contributed by atoms with Crippen LogP contribution in [0.3, 0.4) is 0 Å². The van der Waals surface area contributed by atoms with Gasteiger partial charge in [0.25, 0.3) is 0 Å². The molecule has 0 bridgehead atoms. The SMILES string of the molecule is c1ccc2c(c1)O[As]O2. The summed E-state index contributed by atoms with van der Waals surface area (Å²) >= 11 is -0.362. The first-order valence-electron chi connectivity index (χ1n) is 2.60. The number of benzene rings is 1. The summed E-state index contributed by atoms with van der Waals surface area (Å²) in [5, 5.41) is 0. The molecule has 2 rings (SSSR count). The Morgan fingerprint density at radius 1 is 1.00 bits per heavy atom. The molecule has 3 heteroatoms. The van der Waals surface area contributed by atoms with Gasteiger partial charge in [0.15, 0.2) is 0 Å². The normalized spacial score (nSPS) is 13.8. The van der Waals surface area contributed by atoms with E-state index in [1.54, 1.807) is 0 Å². The van der Waals surface area contributed by atoms with E-state index in [2.05, 4.69) is 0 Å². The van der Waals surface area contributed by atoms with Gasteiger partial charge >= 0.3 is 59.7 Å². The van der Waals surface area contributed by atoms with Crippen molar-refractivity contribution in [3.8, 4) is 11.5 Å². The van der Waals surface area contributed by atoms with Gasteiger partial charge in [0.1, 0.15) is 0 Å². The Hall–Kier alpha value is -0.622. The Morgan fingerprint density at radius 3 is 2.11 bits per heavy atom. The molecule has 1 aromatic carbocycles. The molecule has 0 fully saturated rings. The summed E-state index contributed by atoms with van der Waals surface area (Å²) in [6, 6.07) is 7.71. The Labute approximate surface area is 60.2 Å². The summed E-state index contributed by atoms with van der Waals surface area (Å²) in [4.78, 5) is 0. The van der Waals surface area contributed by atoms with Crippen molar-refractivity contribution < 1.29 is 7.45 Å². The predicted octanol–water partition coefficient (Wildman–Crippen LogP) is 0.992. The second kappa shape index (κ2) is 1.96. The molecule has 1 aliphatic heterocycles. The Balaban J connectivity index is 2.54. The second-order valence-electron chi connectivity index (χ2n) is 1.70. The molecule has 0 saturated carbocycles. The third-order valence-electron chi connectivity index (χ3n) is 1.12. The molecule has 1 aliphatic rings. The molecule has 0 saturated heterocycles. The summed E-state index contributed by atoms with van der Waals surface area (Å²) in [5.74, 6) is 1.77. The van der Waals surface area contributed by atoms with Gasteiger partial charge in [-0.15, -0.1) is 0 Å². The fourth-order valence-corrected chi connectivity index (χ4v) is 1.75. The van der Waals surface area contributed by atoms with Crippen molar-refractivity contribution in [1.82, 2.24) is 0 Å². The van der Waals surface area contributed by atoms with E-state index < -0.39 is 0 Å². The second-order valence-corrected chi connectivity index (χ2v) is 2.78. The van der Waals surface area contributed by atoms with Crippen molar-refractivity contribution in [3.63, 3.8) is 0 Å². The first-order valence-corrected chi connectivity index (χ1v) is 4.13. The van der Waals surface area contributed by atoms with Crippen molar-refractivity contribution >= 4 is 16.4 Å². The van der Waals surface area contributed by atoms with E-state index in [1.165, 1.54) is 0 Å². The van der Waals surface area contributed by atoms with Crippen LogP contribution in [0, 0.1) is 0 Å². The van der Waals surface area contributed by atoms with Crippen molar-refractivity contribution in [2.75, 3.05) is 0 Å². The molecule has 2 nitrogen and oxygen atoms in total. The van der Waals surface area contributed by atoms with Gasteiger partial charge in [-0.3, -0.25) is 0 Å². The average Bonchev–Trinajstić information content (AvgIpc) is 2.33. The van der Waals surface area contributed by atoms with Crippen LogP contribution in [0.15, 0.2) is 24.3 Å². The van der Waals surface area contributed by atoms with E-state index in [-0.39, 0.29) is 16.4 Å². The van der Waals surface area contributed by atoms with Gasteiger partial charge in [0.05, 0.1) is 0 Å². The van der Waals surface area contributed by atoms with E-state index in [1.807, 2.05) is 24.3 Å². The fraction of sp³-hybridized carbons (Fsp3) is 0. The van der Waals surface area contributed by atoms with Crippen LogP contribution in [0.2, 0.25) is 0 Å². The first-order chi connectivity index (χ1) is 4.47. The number of fused-ring (bicyclic) bond motifs is 1. The molecule has 1 aromatic rings. The molecule has 0 amide bonds. The Morgan fingerprint density at radius 2 is 1.56 bits per heavy atom. The Bertz CT molecular complexity index is 201. The van der Waals surface area contributed by atoms with Gasteiger partial charge < -0.3 is 0 Å². The van der Waals surface area contributed by atoms with Crippen LogP contribution in [0.4, 0.5) is 0 Å². The quantitative estimate of drug-likeness (QED) is 0.558. The molecule has 1 heterocycles. The molecule has 9 heavy (non-hydrogen) atoms. The summed E-state index contributed by atoms with van der Waals surface area (Å²) in [5.41, 5.74) is 0. The molecule has 0 aromatic heterocycles. The minimum absolute atomic E-state index is 0.362. The van der Waals surface area contributed by atoms with Crippen molar-refractivity contribution in [2.24, 2.45) is 0 Å². The summed E-state index contributed by atoms with van der Waals surface area (Å²) in [6.45, 7) is 0. The Kier molecular flexibility index (Phi) is 1.13. The number of hydrogen-bond acceptors (Lipinski definition) is 2. The van der Waals surface area contributed by atoms with E-state index >= 15 is 0 Å². The molecule has 0 atom stereocenters. The van der Waals surface area contributed by atoms with Crippen LogP contribution in [-0.2, 0) is 0 Å². The summed E-state index contributed by atoms with van der Waals surface area (Å²) in [6.07, 6.45) is 0. The number of para-hydroxylation sites is 2. The van der Waals surface area contributed by atoms with Crippen LogP contribution < -0.4 is 7.45 Å². The first kappa shape index (κ1) is 5.19. The van der Waals surface area contributed by atoms with Crippen molar-refractivity contribution in [1.29, 1.82) is 0 Å². The monoisotopic (exact) mass is 183 g/mol. The van der Waals surface area contributed by atoms with Crippen LogP contribution in [0.25, 0.3) is 0 Å². The summed E-state index contributed by atoms with van der Waals surface area (Å²) in [7, 11) is 0. The molecular formula is C6H4AsO2. The zero-order chi connectivity index (χ0) is 6.10. The van der Waals surface area contributed by atoms with Gasteiger partial charge in [0, 0.05) is 0 Å². The van der Waals surface area contributed by atoms with Crippen LogP contribution in [0.5, 0.6) is 11.5 Å². The molecular weight excluding hydrogens is 179 g/mol. The van der Waals surface area contributed by atoms with E-state index in [0.717, 1.165) is 11.5 Å². The maximum atomic E-state index is 5.17. The van der Waals surface area contributed by atoms with Crippen molar-refractivity contribution in [2.45, 2.75) is 0 Å². The standard InChI is InChI=1S/C6H4AsO2/c1-2-4-6-5(3-1)8-7-9-6/h1-4H. The van der Waals surface area contributed by atoms with Gasteiger partial charge in [0.2, 0.25) is 0 Å². The fourth-order valence-electron chi connectivity index (χ4n) is 0.700. The molecule has 45 valence electrons. The third kappa shape index (κ3) is 0.796. The van der Waals surface area contributed by atoms with Crippen LogP contribution >= 0.6 is 0 Å². The van der Waals surface area contributed by atoms with Gasteiger partial charge in [-0.2, -0.15) is 0 Å². The molecule has 0 spiro atoms. The number of hydrogen-bond donors (Lipinski definition) is 0. The van der Waals surface area contributed by atoms with Crippen molar-refractivity contribution in [3.05, 3.63) is 24.3 Å². The zero-order valence-corrected chi connectivity index (χ0v) is 6.45. The van der Waals surface area contributed by atoms with E-state index in [4.69, 9.17) is 7.45 Å². The maximum absolute atomic E-state index is 5.17. The van der Waals surface area contributed by atoms with Crippen LogP contribution in [0.1, 0.15) is 0 Å². The predicted molar refractivity (Wildman–Crippen MR) is 33.5 cm³/mol. The van der Waals surface area contributed by atoms with E-state index in [0.29, 0.717) is 0 Å². The number of rotatable bonds is 0. The molecule has 1 radical (unpaired) electrons. The summed E-state index contributed by atoms with van der Waals surface area (Å²) < 4.78 is 10.3. The van der Waals surface area contributed by atoms with Gasteiger partial charge in [-0.05, 0) is 0 Å². The van der Waals surface area contributed by atoms with Crippen LogP contribution in [-0.4, -0.2) is 16.4 Å². The zero-order valence-electron chi connectivity index (χ0n) is 4.57.